The molecule has 1 aromatic heterocycles. The molecule has 2 aliphatic rings. The Labute approximate surface area is 233 Å². The van der Waals surface area contributed by atoms with E-state index in [1.165, 1.54) is 0 Å². The Balaban J connectivity index is 1.24. The maximum atomic E-state index is 13.2. The normalized spacial score (nSPS) is 16.6. The van der Waals surface area contributed by atoms with Crippen LogP contribution in [0.1, 0.15) is 26.3 Å². The van der Waals surface area contributed by atoms with Gasteiger partial charge < -0.3 is 25.2 Å². The first kappa shape index (κ1) is 27.1. The number of ether oxygens (including phenoxy) is 1. The Morgan fingerprint density at radius 1 is 0.897 bits per heavy atom. The molecule has 2 fully saturated rings. The fourth-order valence-electron chi connectivity index (χ4n) is 4.72. The van der Waals surface area contributed by atoms with Gasteiger partial charge in [-0.2, -0.15) is 0 Å². The second kappa shape index (κ2) is 12.6. The first-order valence-corrected chi connectivity index (χ1v) is 13.5. The first-order valence-electron chi connectivity index (χ1n) is 13.2. The number of carbonyl (C=O) groups is 2. The van der Waals surface area contributed by atoms with E-state index >= 15 is 0 Å². The summed E-state index contributed by atoms with van der Waals surface area (Å²) >= 11 is 6.38. The fraction of sp³-hybridized carbons (Fsp3) is 0.345. The highest BCUT2D eigenvalue weighted by atomic mass is 35.5. The third-order valence-corrected chi connectivity index (χ3v) is 7.33. The summed E-state index contributed by atoms with van der Waals surface area (Å²) < 4.78 is 5.40. The van der Waals surface area contributed by atoms with Crippen molar-refractivity contribution in [1.82, 2.24) is 14.8 Å². The summed E-state index contributed by atoms with van der Waals surface area (Å²) in [4.78, 5) is 37.4. The van der Waals surface area contributed by atoms with Crippen molar-refractivity contribution in [1.29, 1.82) is 0 Å². The molecule has 2 saturated heterocycles. The number of rotatable bonds is 7. The third kappa shape index (κ3) is 7.13. The van der Waals surface area contributed by atoms with Gasteiger partial charge in [0.05, 0.1) is 23.8 Å². The van der Waals surface area contributed by atoms with Crippen molar-refractivity contribution in [3.05, 3.63) is 82.5 Å². The molecule has 0 bridgehead atoms. The number of anilines is 3. The molecule has 0 unspecified atom stereocenters. The van der Waals surface area contributed by atoms with Crippen molar-refractivity contribution in [2.24, 2.45) is 0 Å². The molecule has 9 nitrogen and oxygen atoms in total. The number of pyridine rings is 1. The third-order valence-electron chi connectivity index (χ3n) is 7.00. The minimum atomic E-state index is -0.341. The molecular formula is C29H33ClN6O3. The van der Waals surface area contributed by atoms with Gasteiger partial charge in [0.25, 0.3) is 11.8 Å². The molecular weight excluding hydrogens is 516 g/mol. The van der Waals surface area contributed by atoms with Crippen LogP contribution in [0.25, 0.3) is 0 Å². The SMILES string of the molecule is CN1CCN(Cc2cccc(NC(=O)c3cc(NC(=O)c4ccnc(N5CCOCC5)c4)ccc3Cl)c2)CC1. The van der Waals surface area contributed by atoms with Gasteiger partial charge >= 0.3 is 0 Å². The lowest BCUT2D eigenvalue weighted by Gasteiger charge is -2.32. The highest BCUT2D eigenvalue weighted by Crippen LogP contribution is 2.24. The Bertz CT molecular complexity index is 1320. The van der Waals surface area contributed by atoms with Crippen LogP contribution in [-0.2, 0) is 11.3 Å². The van der Waals surface area contributed by atoms with Gasteiger partial charge in [-0.1, -0.05) is 23.7 Å². The van der Waals surface area contributed by atoms with Gasteiger partial charge in [0, 0.05) is 68.9 Å². The van der Waals surface area contributed by atoms with Gasteiger partial charge in [0.1, 0.15) is 5.82 Å². The van der Waals surface area contributed by atoms with Crippen LogP contribution in [0.15, 0.2) is 60.8 Å². The molecule has 2 aliphatic heterocycles. The van der Waals surface area contributed by atoms with Crippen LogP contribution in [0.2, 0.25) is 5.02 Å². The van der Waals surface area contributed by atoms with Crippen molar-refractivity contribution in [2.45, 2.75) is 6.54 Å². The lowest BCUT2D eigenvalue weighted by molar-refractivity contribution is 0.101. The number of benzene rings is 2. The summed E-state index contributed by atoms with van der Waals surface area (Å²) in [5.41, 5.74) is 3.07. The fourth-order valence-corrected chi connectivity index (χ4v) is 4.92. The molecule has 3 aromatic rings. The van der Waals surface area contributed by atoms with E-state index in [1.54, 1.807) is 36.5 Å². The molecule has 5 rings (SSSR count). The van der Waals surface area contributed by atoms with Crippen molar-refractivity contribution in [2.75, 3.05) is 75.1 Å². The van der Waals surface area contributed by atoms with Crippen LogP contribution in [0.3, 0.4) is 0 Å². The zero-order valence-electron chi connectivity index (χ0n) is 22.0. The molecule has 3 heterocycles. The van der Waals surface area contributed by atoms with Crippen LogP contribution in [0.4, 0.5) is 17.2 Å². The maximum absolute atomic E-state index is 13.2. The highest BCUT2D eigenvalue weighted by molar-refractivity contribution is 6.34. The van der Waals surface area contributed by atoms with Gasteiger partial charge in [-0.15, -0.1) is 0 Å². The number of nitrogens with zero attached hydrogens (tertiary/aromatic N) is 4. The second-order valence-electron chi connectivity index (χ2n) is 9.88. The number of aromatic nitrogens is 1. The predicted molar refractivity (Wildman–Crippen MR) is 154 cm³/mol. The predicted octanol–water partition coefficient (Wildman–Crippen LogP) is 3.82. The van der Waals surface area contributed by atoms with Crippen LogP contribution in [0, 0.1) is 0 Å². The quantitative estimate of drug-likeness (QED) is 0.464. The van der Waals surface area contributed by atoms with Crippen molar-refractivity contribution in [3.63, 3.8) is 0 Å². The van der Waals surface area contributed by atoms with Crippen molar-refractivity contribution < 1.29 is 14.3 Å². The summed E-state index contributed by atoms with van der Waals surface area (Å²) in [5, 5.41) is 6.13. The maximum Gasteiger partial charge on any atom is 0.257 e. The summed E-state index contributed by atoms with van der Waals surface area (Å²) in [5.74, 6) is 0.0977. The van der Waals surface area contributed by atoms with E-state index < -0.39 is 0 Å². The Hall–Kier alpha value is -3.50. The number of halogens is 1. The monoisotopic (exact) mass is 548 g/mol. The average Bonchev–Trinajstić information content (AvgIpc) is 2.96. The Kier molecular flexibility index (Phi) is 8.73. The molecule has 2 aromatic carbocycles. The van der Waals surface area contributed by atoms with Gasteiger partial charge in [-0.05, 0) is 55.1 Å². The smallest absolute Gasteiger partial charge is 0.257 e. The summed E-state index contributed by atoms with van der Waals surface area (Å²) in [7, 11) is 2.14. The number of nitrogens with one attached hydrogen (secondary N) is 2. The number of amides is 2. The van der Waals surface area contributed by atoms with Gasteiger partial charge in [-0.25, -0.2) is 4.98 Å². The number of piperazine rings is 1. The Morgan fingerprint density at radius 3 is 2.44 bits per heavy atom. The van der Waals surface area contributed by atoms with Crippen LogP contribution in [0.5, 0.6) is 0 Å². The number of hydrogen-bond donors (Lipinski definition) is 2. The summed E-state index contributed by atoms with van der Waals surface area (Å²) in [6, 6.07) is 16.2. The van der Waals surface area contributed by atoms with E-state index in [2.05, 4.69) is 43.4 Å². The Morgan fingerprint density at radius 2 is 1.64 bits per heavy atom. The topological polar surface area (TPSA) is 90.0 Å². The average molecular weight is 549 g/mol. The second-order valence-corrected chi connectivity index (χ2v) is 10.3. The summed E-state index contributed by atoms with van der Waals surface area (Å²) in [6.07, 6.45) is 1.62. The number of carbonyl (C=O) groups excluding carboxylic acids is 2. The number of hydrogen-bond acceptors (Lipinski definition) is 7. The summed E-state index contributed by atoms with van der Waals surface area (Å²) in [6.45, 7) is 7.71. The molecule has 10 heteroatoms. The number of likely N-dealkylation sites (N-methyl/N-ethyl adjacent to an activating group) is 1. The first-order chi connectivity index (χ1) is 18.9. The molecule has 2 amide bonds. The van der Waals surface area contributed by atoms with Crippen LogP contribution >= 0.6 is 11.6 Å². The molecule has 0 saturated carbocycles. The molecule has 39 heavy (non-hydrogen) atoms. The lowest BCUT2D eigenvalue weighted by Crippen LogP contribution is -2.43. The molecule has 204 valence electrons. The lowest BCUT2D eigenvalue weighted by atomic mass is 10.1. The van der Waals surface area contributed by atoms with E-state index in [0.29, 0.717) is 35.2 Å². The van der Waals surface area contributed by atoms with E-state index in [-0.39, 0.29) is 17.4 Å². The zero-order valence-corrected chi connectivity index (χ0v) is 22.8. The molecule has 0 aliphatic carbocycles. The van der Waals surface area contributed by atoms with Gasteiger partial charge in [0.2, 0.25) is 0 Å². The molecule has 0 spiro atoms. The molecule has 2 N–H and O–H groups in total. The van der Waals surface area contributed by atoms with E-state index in [1.807, 2.05) is 18.2 Å². The van der Waals surface area contributed by atoms with Gasteiger partial charge in [-0.3, -0.25) is 14.5 Å². The van der Waals surface area contributed by atoms with E-state index in [4.69, 9.17) is 16.3 Å². The minimum Gasteiger partial charge on any atom is -0.378 e. The van der Waals surface area contributed by atoms with Crippen molar-refractivity contribution >= 4 is 40.6 Å². The standard InChI is InChI=1S/C29H33ClN6O3/c1-34-9-11-35(12-10-34)20-21-3-2-4-23(17-21)33-29(38)25-19-24(5-6-26(25)30)32-28(37)22-7-8-31-27(18-22)36-13-15-39-16-14-36/h2-8,17-19H,9-16,20H2,1H3,(H,32,37)(H,33,38). The van der Waals surface area contributed by atoms with Gasteiger partial charge in [0.15, 0.2) is 0 Å². The van der Waals surface area contributed by atoms with E-state index in [0.717, 1.165) is 57.2 Å². The minimum absolute atomic E-state index is 0.280. The molecule has 0 atom stereocenters. The molecule has 0 radical (unpaired) electrons. The highest BCUT2D eigenvalue weighted by Gasteiger charge is 2.18. The van der Waals surface area contributed by atoms with E-state index in [9.17, 15) is 9.59 Å². The zero-order chi connectivity index (χ0) is 27.2. The largest absolute Gasteiger partial charge is 0.378 e. The van der Waals surface area contributed by atoms with Crippen molar-refractivity contribution in [3.8, 4) is 0 Å². The van der Waals surface area contributed by atoms with Crippen LogP contribution < -0.4 is 15.5 Å². The van der Waals surface area contributed by atoms with Crippen LogP contribution in [-0.4, -0.2) is 86.1 Å². The number of morpholine rings is 1.